The Hall–Kier alpha value is -3.79. The van der Waals surface area contributed by atoms with Crippen LogP contribution in [0, 0.1) is 13.8 Å². The van der Waals surface area contributed by atoms with Crippen LogP contribution in [0.25, 0.3) is 0 Å². The number of aromatic nitrogens is 4. The molecule has 0 radical (unpaired) electrons. The van der Waals surface area contributed by atoms with Crippen molar-refractivity contribution < 1.29 is 19.4 Å². The topological polar surface area (TPSA) is 114 Å². The molecule has 0 spiro atoms. The molecule has 0 amide bonds. The molecule has 0 aliphatic carbocycles. The fourth-order valence-corrected chi connectivity index (χ4v) is 4.09. The molecule has 178 valence electrons. The Morgan fingerprint density at radius 1 is 1.09 bits per heavy atom. The lowest BCUT2D eigenvalue weighted by Crippen LogP contribution is -2.53. The number of piperazine rings is 1. The molecule has 4 rings (SSSR count). The minimum absolute atomic E-state index is 0.0843. The normalized spacial score (nSPS) is 16.8. The van der Waals surface area contributed by atoms with E-state index >= 15 is 0 Å². The van der Waals surface area contributed by atoms with Gasteiger partial charge in [-0.15, -0.1) is 5.10 Å². The first-order valence-corrected chi connectivity index (χ1v) is 11.0. The van der Waals surface area contributed by atoms with Crippen molar-refractivity contribution in [2.45, 2.75) is 32.9 Å². The molecule has 0 saturated carbocycles. The molecule has 3 heterocycles. The van der Waals surface area contributed by atoms with E-state index in [1.54, 1.807) is 6.20 Å². The molecule has 0 bridgehead atoms. The number of benzene rings is 1. The molecule has 1 aliphatic rings. The zero-order valence-electron chi connectivity index (χ0n) is 19.7. The van der Waals surface area contributed by atoms with E-state index in [9.17, 15) is 9.90 Å². The summed E-state index contributed by atoms with van der Waals surface area (Å²) in [6, 6.07) is 9.60. The molecule has 10 nitrogen and oxygen atoms in total. The number of nitrogens with zero attached hydrogens (tertiary/aromatic N) is 6. The Bertz CT molecular complexity index is 1140. The standard InChI is InChI=1S/C24H28N6O4/c1-15-14-29(10-11-30(15)19-12-26-20(13-25-19)34-24(32)33-4)23-17(3)16(2)21(27-28-23)22(31)18-8-6-5-7-9-18/h5-9,12-13,15,22,31H,10-11,14H2,1-4H3/t15?,22-/m1/s1. The summed E-state index contributed by atoms with van der Waals surface area (Å²) in [5.41, 5.74) is 3.30. The highest BCUT2D eigenvalue weighted by Gasteiger charge is 2.28. The average molecular weight is 465 g/mol. The van der Waals surface area contributed by atoms with Crippen molar-refractivity contribution in [3.8, 4) is 5.88 Å². The highest BCUT2D eigenvalue weighted by molar-refractivity contribution is 5.62. The summed E-state index contributed by atoms with van der Waals surface area (Å²) in [6.07, 6.45) is 1.33. The van der Waals surface area contributed by atoms with Crippen molar-refractivity contribution in [3.63, 3.8) is 0 Å². The summed E-state index contributed by atoms with van der Waals surface area (Å²) in [5, 5.41) is 19.7. The molecule has 1 aliphatic heterocycles. The van der Waals surface area contributed by atoms with E-state index < -0.39 is 12.3 Å². The van der Waals surface area contributed by atoms with Gasteiger partial charge in [-0.1, -0.05) is 30.3 Å². The van der Waals surface area contributed by atoms with Gasteiger partial charge in [0.05, 0.1) is 25.2 Å². The van der Waals surface area contributed by atoms with Gasteiger partial charge in [0.1, 0.15) is 11.9 Å². The Labute approximate surface area is 198 Å². The Balaban J connectivity index is 1.47. The smallest absolute Gasteiger partial charge is 0.437 e. The van der Waals surface area contributed by atoms with E-state index in [-0.39, 0.29) is 11.9 Å². The molecule has 1 saturated heterocycles. The molecule has 1 aromatic carbocycles. The second kappa shape index (κ2) is 10.0. The molecule has 34 heavy (non-hydrogen) atoms. The van der Waals surface area contributed by atoms with Gasteiger partial charge in [-0.25, -0.2) is 14.8 Å². The van der Waals surface area contributed by atoms with Gasteiger partial charge >= 0.3 is 6.16 Å². The summed E-state index contributed by atoms with van der Waals surface area (Å²) in [6.45, 7) is 8.25. The molecule has 3 aromatic rings. The number of hydrogen-bond acceptors (Lipinski definition) is 10. The van der Waals surface area contributed by atoms with Crippen LogP contribution in [0.4, 0.5) is 16.4 Å². The molecular weight excluding hydrogens is 436 g/mol. The lowest BCUT2D eigenvalue weighted by atomic mass is 10.0. The maximum atomic E-state index is 11.2. The maximum Gasteiger partial charge on any atom is 0.514 e. The van der Waals surface area contributed by atoms with Crippen LogP contribution in [0.2, 0.25) is 0 Å². The zero-order chi connectivity index (χ0) is 24.2. The molecule has 1 unspecified atom stereocenters. The van der Waals surface area contributed by atoms with Crippen LogP contribution >= 0.6 is 0 Å². The van der Waals surface area contributed by atoms with Crippen LogP contribution in [0.5, 0.6) is 5.88 Å². The average Bonchev–Trinajstić information content (AvgIpc) is 2.86. The Morgan fingerprint density at radius 3 is 2.50 bits per heavy atom. The predicted molar refractivity (Wildman–Crippen MR) is 126 cm³/mol. The lowest BCUT2D eigenvalue weighted by molar-refractivity contribution is 0.119. The number of aliphatic hydroxyl groups is 1. The van der Waals surface area contributed by atoms with E-state index in [1.807, 2.05) is 44.2 Å². The quantitative estimate of drug-likeness (QED) is 0.565. The first kappa shape index (κ1) is 23.4. The van der Waals surface area contributed by atoms with Crippen LogP contribution in [0.15, 0.2) is 42.7 Å². The maximum absolute atomic E-state index is 11.2. The Kier molecular flexibility index (Phi) is 6.87. The largest absolute Gasteiger partial charge is 0.514 e. The van der Waals surface area contributed by atoms with Gasteiger partial charge in [0.25, 0.3) is 0 Å². The number of aliphatic hydroxyl groups excluding tert-OH is 1. The van der Waals surface area contributed by atoms with Gasteiger partial charge in [0, 0.05) is 25.7 Å². The van der Waals surface area contributed by atoms with E-state index in [1.165, 1.54) is 13.3 Å². The van der Waals surface area contributed by atoms with Crippen molar-refractivity contribution in [2.75, 3.05) is 36.5 Å². The van der Waals surface area contributed by atoms with Crippen molar-refractivity contribution in [2.24, 2.45) is 0 Å². The number of anilines is 2. The molecular formula is C24H28N6O4. The summed E-state index contributed by atoms with van der Waals surface area (Å²) in [7, 11) is 1.23. The highest BCUT2D eigenvalue weighted by atomic mass is 16.7. The number of carbonyl (C=O) groups is 1. The summed E-state index contributed by atoms with van der Waals surface area (Å²) in [5.74, 6) is 1.60. The van der Waals surface area contributed by atoms with Crippen molar-refractivity contribution in [1.29, 1.82) is 0 Å². The van der Waals surface area contributed by atoms with Crippen molar-refractivity contribution in [1.82, 2.24) is 20.2 Å². The molecule has 10 heteroatoms. The van der Waals surface area contributed by atoms with Gasteiger partial charge in [0.15, 0.2) is 5.82 Å². The fourth-order valence-electron chi connectivity index (χ4n) is 4.09. The number of rotatable bonds is 5. The molecule has 2 atom stereocenters. The number of hydrogen-bond donors (Lipinski definition) is 1. The number of ether oxygens (including phenoxy) is 2. The van der Waals surface area contributed by atoms with E-state index in [0.29, 0.717) is 18.1 Å². The Morgan fingerprint density at radius 2 is 1.85 bits per heavy atom. The molecule has 1 N–H and O–H groups in total. The van der Waals surface area contributed by atoms with Crippen molar-refractivity contribution >= 4 is 17.8 Å². The third-order valence-electron chi connectivity index (χ3n) is 6.10. The second-order valence-electron chi connectivity index (χ2n) is 8.23. The zero-order valence-corrected chi connectivity index (χ0v) is 19.7. The van der Waals surface area contributed by atoms with Crippen LogP contribution in [0.1, 0.15) is 35.4 Å². The minimum atomic E-state index is -0.835. The second-order valence-corrected chi connectivity index (χ2v) is 8.23. The van der Waals surface area contributed by atoms with Gasteiger partial charge in [0.2, 0.25) is 5.88 Å². The predicted octanol–water partition coefficient (Wildman–Crippen LogP) is 2.83. The fraction of sp³-hybridized carbons (Fsp3) is 0.375. The SMILES string of the molecule is COC(=O)Oc1cnc(N2CCN(c3nnc([C@H](O)c4ccccc4)c(C)c3C)CC2C)cn1. The van der Waals surface area contributed by atoms with Crippen LogP contribution in [-0.2, 0) is 4.74 Å². The van der Waals surface area contributed by atoms with Crippen LogP contribution < -0.4 is 14.5 Å². The molecule has 1 fully saturated rings. The number of carbonyl (C=O) groups excluding carboxylic acids is 1. The highest BCUT2D eigenvalue weighted by Crippen LogP contribution is 2.30. The van der Waals surface area contributed by atoms with Crippen LogP contribution in [-0.4, -0.2) is 64.2 Å². The van der Waals surface area contributed by atoms with Crippen LogP contribution in [0.3, 0.4) is 0 Å². The first-order chi connectivity index (χ1) is 16.4. The number of methoxy groups -OCH3 is 1. The monoisotopic (exact) mass is 464 g/mol. The summed E-state index contributed by atoms with van der Waals surface area (Å²) in [4.78, 5) is 24.1. The first-order valence-electron chi connectivity index (χ1n) is 11.0. The van der Waals surface area contributed by atoms with Crippen molar-refractivity contribution in [3.05, 3.63) is 65.1 Å². The van der Waals surface area contributed by atoms with E-state index in [0.717, 1.165) is 35.6 Å². The van der Waals surface area contributed by atoms with Gasteiger partial charge in [-0.05, 0) is 37.5 Å². The van der Waals surface area contributed by atoms with E-state index in [4.69, 9.17) is 4.74 Å². The third-order valence-corrected chi connectivity index (χ3v) is 6.10. The lowest BCUT2D eigenvalue weighted by Gasteiger charge is -2.41. The summed E-state index contributed by atoms with van der Waals surface area (Å²) >= 11 is 0. The van der Waals surface area contributed by atoms with Gasteiger partial charge < -0.3 is 24.4 Å². The van der Waals surface area contributed by atoms with Gasteiger partial charge in [-0.3, -0.25) is 0 Å². The van der Waals surface area contributed by atoms with E-state index in [2.05, 4.69) is 41.6 Å². The third kappa shape index (κ3) is 4.76. The molecule has 2 aromatic heterocycles. The van der Waals surface area contributed by atoms with Gasteiger partial charge in [-0.2, -0.15) is 5.10 Å². The minimum Gasteiger partial charge on any atom is -0.437 e. The summed E-state index contributed by atoms with van der Waals surface area (Å²) < 4.78 is 9.35.